The summed E-state index contributed by atoms with van der Waals surface area (Å²) < 4.78 is 5.35. The Kier molecular flexibility index (Phi) is 3.97. The Morgan fingerprint density at radius 2 is 2.00 bits per heavy atom. The summed E-state index contributed by atoms with van der Waals surface area (Å²) in [5, 5.41) is 3.18. The molecule has 0 aromatic heterocycles. The highest BCUT2D eigenvalue weighted by Crippen LogP contribution is 2.33. The van der Waals surface area contributed by atoms with Gasteiger partial charge in [-0.05, 0) is 32.1 Å². The maximum Gasteiger partial charge on any atom is 0.233 e. The molecule has 3 aliphatic rings. The van der Waals surface area contributed by atoms with Crippen LogP contribution in [0.25, 0.3) is 0 Å². The number of rotatable bonds is 4. The van der Waals surface area contributed by atoms with E-state index in [0.717, 1.165) is 25.6 Å². The van der Waals surface area contributed by atoms with Gasteiger partial charge in [-0.3, -0.25) is 9.69 Å². The molecular weight excluding hydrogens is 274 g/mol. The normalized spacial score (nSPS) is 30.1. The SMILES string of the molecule is NC(=S)C1(C(=O)NC2CCN(C3CC3)C2)CCOCC1. The first kappa shape index (κ1) is 14.2. The Morgan fingerprint density at radius 1 is 1.30 bits per heavy atom. The summed E-state index contributed by atoms with van der Waals surface area (Å²) >= 11 is 5.17. The molecule has 3 rings (SSSR count). The topological polar surface area (TPSA) is 67.6 Å². The lowest BCUT2D eigenvalue weighted by atomic mass is 9.79. The number of amides is 1. The van der Waals surface area contributed by atoms with E-state index in [-0.39, 0.29) is 11.9 Å². The van der Waals surface area contributed by atoms with Crippen molar-refractivity contribution in [2.24, 2.45) is 11.1 Å². The van der Waals surface area contributed by atoms with Gasteiger partial charge >= 0.3 is 0 Å². The van der Waals surface area contributed by atoms with E-state index in [9.17, 15) is 4.79 Å². The van der Waals surface area contributed by atoms with Gasteiger partial charge in [0.1, 0.15) is 5.41 Å². The van der Waals surface area contributed by atoms with Crippen LogP contribution in [-0.4, -0.2) is 54.2 Å². The highest BCUT2D eigenvalue weighted by Gasteiger charge is 2.44. The Morgan fingerprint density at radius 3 is 2.60 bits per heavy atom. The van der Waals surface area contributed by atoms with E-state index in [1.165, 1.54) is 12.8 Å². The fourth-order valence-electron chi connectivity index (χ4n) is 3.31. The Labute approximate surface area is 125 Å². The predicted molar refractivity (Wildman–Crippen MR) is 80.4 cm³/mol. The smallest absolute Gasteiger partial charge is 0.233 e. The van der Waals surface area contributed by atoms with Crippen LogP contribution in [0, 0.1) is 5.41 Å². The minimum absolute atomic E-state index is 0.0101. The summed E-state index contributed by atoms with van der Waals surface area (Å²) in [5.41, 5.74) is 5.17. The number of ether oxygens (including phenoxy) is 1. The fraction of sp³-hybridized carbons (Fsp3) is 0.857. The number of carbonyl (C=O) groups excluding carboxylic acids is 1. The van der Waals surface area contributed by atoms with Crippen LogP contribution in [-0.2, 0) is 9.53 Å². The number of carbonyl (C=O) groups is 1. The van der Waals surface area contributed by atoms with Crippen LogP contribution in [0.2, 0.25) is 0 Å². The summed E-state index contributed by atoms with van der Waals surface area (Å²) in [6, 6.07) is 1.02. The van der Waals surface area contributed by atoms with Gasteiger partial charge in [0.2, 0.25) is 5.91 Å². The average Bonchev–Trinajstić information content (AvgIpc) is 3.20. The lowest BCUT2D eigenvalue weighted by molar-refractivity contribution is -0.132. The van der Waals surface area contributed by atoms with Crippen LogP contribution in [0.5, 0.6) is 0 Å². The van der Waals surface area contributed by atoms with Crippen molar-refractivity contribution in [1.82, 2.24) is 10.2 Å². The van der Waals surface area contributed by atoms with Crippen molar-refractivity contribution < 1.29 is 9.53 Å². The number of hydrogen-bond donors (Lipinski definition) is 2. The molecule has 1 amide bonds. The Bertz CT molecular complexity index is 405. The fourth-order valence-corrected chi connectivity index (χ4v) is 3.60. The maximum absolute atomic E-state index is 12.7. The van der Waals surface area contributed by atoms with Crippen molar-refractivity contribution >= 4 is 23.1 Å². The van der Waals surface area contributed by atoms with Crippen LogP contribution >= 0.6 is 12.2 Å². The number of nitrogens with one attached hydrogen (secondary N) is 1. The quantitative estimate of drug-likeness (QED) is 0.736. The molecule has 2 saturated heterocycles. The molecule has 0 spiro atoms. The van der Waals surface area contributed by atoms with Gasteiger partial charge in [0.15, 0.2) is 0 Å². The zero-order chi connectivity index (χ0) is 14.2. The first-order valence-electron chi connectivity index (χ1n) is 7.54. The lowest BCUT2D eigenvalue weighted by Crippen LogP contribution is -2.54. The summed E-state index contributed by atoms with van der Waals surface area (Å²) in [5.74, 6) is 0.0101. The molecule has 6 heteroatoms. The van der Waals surface area contributed by atoms with Gasteiger partial charge in [-0.2, -0.15) is 0 Å². The third-order valence-corrected chi connectivity index (χ3v) is 5.26. The van der Waals surface area contributed by atoms with Crippen LogP contribution < -0.4 is 11.1 Å². The number of hydrogen-bond acceptors (Lipinski definition) is 4. The second-order valence-corrected chi connectivity index (χ2v) is 6.68. The van der Waals surface area contributed by atoms with Crippen molar-refractivity contribution in [3.63, 3.8) is 0 Å². The molecule has 2 heterocycles. The molecular formula is C14H23N3O2S. The van der Waals surface area contributed by atoms with E-state index >= 15 is 0 Å². The van der Waals surface area contributed by atoms with Crippen LogP contribution in [0.15, 0.2) is 0 Å². The molecule has 1 atom stereocenters. The van der Waals surface area contributed by atoms with E-state index in [1.807, 2.05) is 0 Å². The summed E-state index contributed by atoms with van der Waals surface area (Å²) in [4.78, 5) is 15.5. The summed E-state index contributed by atoms with van der Waals surface area (Å²) in [7, 11) is 0. The van der Waals surface area contributed by atoms with Gasteiger partial charge in [-0.1, -0.05) is 12.2 Å². The van der Waals surface area contributed by atoms with Crippen LogP contribution in [0.4, 0.5) is 0 Å². The van der Waals surface area contributed by atoms with Crippen molar-refractivity contribution in [3.05, 3.63) is 0 Å². The predicted octanol–water partition coefficient (Wildman–Crippen LogP) is 0.422. The number of nitrogens with two attached hydrogens (primary N) is 1. The standard InChI is InChI=1S/C14H23N3O2S/c15-12(20)14(4-7-19-8-5-14)13(18)16-10-3-6-17(9-10)11-1-2-11/h10-11H,1-9H2,(H2,15,20)(H,16,18). The van der Waals surface area contributed by atoms with Crippen molar-refractivity contribution in [2.45, 2.75) is 44.2 Å². The van der Waals surface area contributed by atoms with Gasteiger partial charge in [0.05, 0.1) is 4.99 Å². The third-order valence-electron chi connectivity index (χ3n) is 4.87. The van der Waals surface area contributed by atoms with Gasteiger partial charge in [0, 0.05) is 38.4 Å². The van der Waals surface area contributed by atoms with E-state index < -0.39 is 5.41 Å². The highest BCUT2D eigenvalue weighted by atomic mass is 32.1. The molecule has 2 aliphatic heterocycles. The Balaban J connectivity index is 1.60. The largest absolute Gasteiger partial charge is 0.392 e. The summed E-state index contributed by atoms with van der Waals surface area (Å²) in [6.07, 6.45) is 4.87. The number of thiocarbonyl (C=S) groups is 1. The second-order valence-electron chi connectivity index (χ2n) is 6.24. The molecule has 20 heavy (non-hydrogen) atoms. The van der Waals surface area contributed by atoms with Gasteiger partial charge in [-0.15, -0.1) is 0 Å². The van der Waals surface area contributed by atoms with E-state index in [4.69, 9.17) is 22.7 Å². The first-order valence-corrected chi connectivity index (χ1v) is 7.95. The van der Waals surface area contributed by atoms with E-state index in [0.29, 0.717) is 31.0 Å². The minimum atomic E-state index is -0.694. The third kappa shape index (κ3) is 2.69. The van der Waals surface area contributed by atoms with E-state index in [2.05, 4.69) is 10.2 Å². The number of likely N-dealkylation sites (tertiary alicyclic amines) is 1. The molecule has 112 valence electrons. The number of nitrogens with zero attached hydrogens (tertiary/aromatic N) is 1. The van der Waals surface area contributed by atoms with Gasteiger partial charge in [-0.25, -0.2) is 0 Å². The minimum Gasteiger partial charge on any atom is -0.392 e. The molecule has 0 radical (unpaired) electrons. The molecule has 1 unspecified atom stereocenters. The lowest BCUT2D eigenvalue weighted by Gasteiger charge is -2.35. The summed E-state index contributed by atoms with van der Waals surface area (Å²) in [6.45, 7) is 3.19. The maximum atomic E-state index is 12.7. The van der Waals surface area contributed by atoms with Crippen molar-refractivity contribution in [3.8, 4) is 0 Å². The molecule has 0 bridgehead atoms. The monoisotopic (exact) mass is 297 g/mol. The van der Waals surface area contributed by atoms with Crippen molar-refractivity contribution in [2.75, 3.05) is 26.3 Å². The molecule has 3 N–H and O–H groups in total. The average molecular weight is 297 g/mol. The molecule has 0 aromatic carbocycles. The molecule has 3 fully saturated rings. The zero-order valence-corrected chi connectivity index (χ0v) is 12.6. The molecule has 5 nitrogen and oxygen atoms in total. The van der Waals surface area contributed by atoms with Gasteiger partial charge < -0.3 is 15.8 Å². The van der Waals surface area contributed by atoms with E-state index in [1.54, 1.807) is 0 Å². The zero-order valence-electron chi connectivity index (χ0n) is 11.8. The molecule has 0 aromatic rings. The second kappa shape index (κ2) is 5.58. The van der Waals surface area contributed by atoms with Gasteiger partial charge in [0.25, 0.3) is 0 Å². The van der Waals surface area contributed by atoms with Crippen molar-refractivity contribution in [1.29, 1.82) is 0 Å². The highest BCUT2D eigenvalue weighted by molar-refractivity contribution is 7.80. The van der Waals surface area contributed by atoms with Crippen LogP contribution in [0.3, 0.4) is 0 Å². The molecule has 1 saturated carbocycles. The molecule has 1 aliphatic carbocycles. The first-order chi connectivity index (χ1) is 9.62. The Hall–Kier alpha value is -0.720. The van der Waals surface area contributed by atoms with Crippen LogP contribution in [0.1, 0.15) is 32.1 Å².